The van der Waals surface area contributed by atoms with Crippen LogP contribution in [0.3, 0.4) is 0 Å². The number of rotatable bonds is 3. The highest BCUT2D eigenvalue weighted by molar-refractivity contribution is 5.99. The Morgan fingerprint density at radius 1 is 1.38 bits per heavy atom. The van der Waals surface area contributed by atoms with Gasteiger partial charge in [-0.1, -0.05) is 6.07 Å². The number of benzene rings is 1. The first-order valence-electron chi connectivity index (χ1n) is 7.06. The average Bonchev–Trinajstić information content (AvgIpc) is 2.48. The van der Waals surface area contributed by atoms with E-state index in [4.69, 9.17) is 5.73 Å². The smallest absolute Gasteiger partial charge is 0.256 e. The zero-order chi connectivity index (χ0) is 15.4. The SMILES string of the molecule is CC(=O)NCC1CCN(C(=O)c2cccc(F)c2N)CC1. The molecule has 0 atom stereocenters. The van der Waals surface area contributed by atoms with Gasteiger partial charge in [0.15, 0.2) is 0 Å². The zero-order valence-corrected chi connectivity index (χ0v) is 12.1. The van der Waals surface area contributed by atoms with Crippen molar-refractivity contribution in [3.05, 3.63) is 29.6 Å². The molecule has 0 radical (unpaired) electrons. The quantitative estimate of drug-likeness (QED) is 0.827. The molecule has 114 valence electrons. The van der Waals surface area contributed by atoms with E-state index in [9.17, 15) is 14.0 Å². The lowest BCUT2D eigenvalue weighted by Crippen LogP contribution is -2.41. The minimum absolute atomic E-state index is 0.0407. The van der Waals surface area contributed by atoms with Gasteiger partial charge in [0.2, 0.25) is 5.91 Å². The summed E-state index contributed by atoms with van der Waals surface area (Å²) in [5, 5.41) is 2.80. The van der Waals surface area contributed by atoms with Crippen LogP contribution in [-0.4, -0.2) is 36.3 Å². The first-order valence-corrected chi connectivity index (χ1v) is 7.06. The van der Waals surface area contributed by atoms with Crippen molar-refractivity contribution in [3.8, 4) is 0 Å². The number of nitrogens with two attached hydrogens (primary N) is 1. The minimum Gasteiger partial charge on any atom is -0.396 e. The summed E-state index contributed by atoms with van der Waals surface area (Å²) in [5.41, 5.74) is 5.75. The third-order valence-corrected chi connectivity index (χ3v) is 3.82. The summed E-state index contributed by atoms with van der Waals surface area (Å²) in [4.78, 5) is 24.9. The second kappa shape index (κ2) is 6.56. The molecule has 0 unspecified atom stereocenters. The van der Waals surface area contributed by atoms with E-state index in [1.165, 1.54) is 19.1 Å². The Kier molecular flexibility index (Phi) is 4.77. The lowest BCUT2D eigenvalue weighted by Gasteiger charge is -2.32. The summed E-state index contributed by atoms with van der Waals surface area (Å²) in [6.07, 6.45) is 1.64. The molecule has 0 aliphatic carbocycles. The van der Waals surface area contributed by atoms with Crippen LogP contribution in [0.25, 0.3) is 0 Å². The summed E-state index contributed by atoms with van der Waals surface area (Å²) in [5.74, 6) is -0.463. The van der Waals surface area contributed by atoms with Crippen LogP contribution in [0.4, 0.5) is 10.1 Å². The molecule has 1 aliphatic heterocycles. The number of hydrogen-bond donors (Lipinski definition) is 2. The van der Waals surface area contributed by atoms with Crippen LogP contribution in [0.5, 0.6) is 0 Å². The Balaban J connectivity index is 1.94. The van der Waals surface area contributed by atoms with Crippen molar-refractivity contribution >= 4 is 17.5 Å². The highest BCUT2D eigenvalue weighted by atomic mass is 19.1. The Morgan fingerprint density at radius 2 is 2.05 bits per heavy atom. The fourth-order valence-electron chi connectivity index (χ4n) is 2.52. The zero-order valence-electron chi connectivity index (χ0n) is 12.1. The van der Waals surface area contributed by atoms with E-state index in [1.807, 2.05) is 0 Å². The van der Waals surface area contributed by atoms with Crippen LogP contribution in [0.15, 0.2) is 18.2 Å². The third kappa shape index (κ3) is 3.71. The number of piperidine rings is 1. The topological polar surface area (TPSA) is 75.4 Å². The van der Waals surface area contributed by atoms with Gasteiger partial charge in [-0.05, 0) is 30.9 Å². The fraction of sp³-hybridized carbons (Fsp3) is 0.467. The minimum atomic E-state index is -0.568. The van der Waals surface area contributed by atoms with Crippen LogP contribution >= 0.6 is 0 Å². The molecule has 2 amide bonds. The van der Waals surface area contributed by atoms with Crippen molar-refractivity contribution in [1.82, 2.24) is 10.2 Å². The molecule has 0 bridgehead atoms. The number of carbonyl (C=O) groups is 2. The van der Waals surface area contributed by atoms with E-state index in [0.717, 1.165) is 12.8 Å². The number of anilines is 1. The van der Waals surface area contributed by atoms with Crippen LogP contribution in [0.2, 0.25) is 0 Å². The summed E-state index contributed by atoms with van der Waals surface area (Å²) in [6, 6.07) is 4.28. The second-order valence-corrected chi connectivity index (χ2v) is 5.37. The first kappa shape index (κ1) is 15.3. The number of carbonyl (C=O) groups excluding carboxylic acids is 2. The van der Waals surface area contributed by atoms with Gasteiger partial charge in [0.1, 0.15) is 5.82 Å². The summed E-state index contributed by atoms with van der Waals surface area (Å²) in [7, 11) is 0. The molecule has 6 heteroatoms. The second-order valence-electron chi connectivity index (χ2n) is 5.37. The van der Waals surface area contributed by atoms with E-state index in [0.29, 0.717) is 25.6 Å². The molecule has 1 heterocycles. The number of halogens is 1. The number of nitrogens with one attached hydrogen (secondary N) is 1. The largest absolute Gasteiger partial charge is 0.396 e. The van der Waals surface area contributed by atoms with Gasteiger partial charge in [0.05, 0.1) is 11.3 Å². The van der Waals surface area contributed by atoms with E-state index in [-0.39, 0.29) is 23.1 Å². The standard InChI is InChI=1S/C15H20FN3O2/c1-10(20)18-9-11-5-7-19(8-6-11)15(21)12-3-2-4-13(16)14(12)17/h2-4,11H,5-9,17H2,1H3,(H,18,20). The van der Waals surface area contributed by atoms with Crippen molar-refractivity contribution in [2.75, 3.05) is 25.4 Å². The van der Waals surface area contributed by atoms with E-state index >= 15 is 0 Å². The van der Waals surface area contributed by atoms with E-state index in [2.05, 4.69) is 5.32 Å². The van der Waals surface area contributed by atoms with Gasteiger partial charge in [0.25, 0.3) is 5.91 Å². The number of hydrogen-bond acceptors (Lipinski definition) is 3. The van der Waals surface area contributed by atoms with Gasteiger partial charge in [-0.25, -0.2) is 4.39 Å². The normalized spacial score (nSPS) is 15.8. The summed E-state index contributed by atoms with van der Waals surface area (Å²) < 4.78 is 13.4. The molecule has 1 fully saturated rings. The number of para-hydroxylation sites is 1. The van der Waals surface area contributed by atoms with Crippen molar-refractivity contribution < 1.29 is 14.0 Å². The van der Waals surface area contributed by atoms with Gasteiger partial charge in [-0.15, -0.1) is 0 Å². The third-order valence-electron chi connectivity index (χ3n) is 3.82. The predicted molar refractivity (Wildman–Crippen MR) is 78.1 cm³/mol. The Labute approximate surface area is 123 Å². The maximum Gasteiger partial charge on any atom is 0.256 e. The lowest BCUT2D eigenvalue weighted by atomic mass is 9.96. The molecule has 1 aromatic carbocycles. The van der Waals surface area contributed by atoms with Crippen LogP contribution in [0, 0.1) is 11.7 Å². The fourth-order valence-corrected chi connectivity index (χ4v) is 2.52. The van der Waals surface area contributed by atoms with Crippen molar-refractivity contribution in [2.45, 2.75) is 19.8 Å². The highest BCUT2D eigenvalue weighted by Gasteiger charge is 2.25. The summed E-state index contributed by atoms with van der Waals surface area (Å²) >= 11 is 0. The van der Waals surface area contributed by atoms with Gasteiger partial charge in [-0.2, -0.15) is 0 Å². The molecule has 0 saturated carbocycles. The van der Waals surface area contributed by atoms with Gasteiger partial charge in [-0.3, -0.25) is 9.59 Å². The maximum absolute atomic E-state index is 13.4. The van der Waals surface area contributed by atoms with Crippen LogP contribution < -0.4 is 11.1 Å². The number of likely N-dealkylation sites (tertiary alicyclic amines) is 1. The van der Waals surface area contributed by atoms with Crippen LogP contribution in [-0.2, 0) is 4.79 Å². The molecule has 1 aromatic rings. The van der Waals surface area contributed by atoms with Crippen molar-refractivity contribution in [1.29, 1.82) is 0 Å². The molecule has 1 saturated heterocycles. The Hall–Kier alpha value is -2.11. The van der Waals surface area contributed by atoms with Crippen molar-refractivity contribution in [2.24, 2.45) is 5.92 Å². The van der Waals surface area contributed by atoms with E-state index < -0.39 is 5.82 Å². The number of amides is 2. The Bertz CT molecular complexity index is 540. The monoisotopic (exact) mass is 293 g/mol. The number of nitrogens with zero attached hydrogens (tertiary/aromatic N) is 1. The molecule has 0 aromatic heterocycles. The molecule has 1 aliphatic rings. The summed E-state index contributed by atoms with van der Waals surface area (Å²) in [6.45, 7) is 3.32. The molecular weight excluding hydrogens is 273 g/mol. The van der Waals surface area contributed by atoms with Crippen LogP contribution in [0.1, 0.15) is 30.1 Å². The molecule has 0 spiro atoms. The van der Waals surface area contributed by atoms with Gasteiger partial charge in [0, 0.05) is 26.6 Å². The average molecular weight is 293 g/mol. The molecule has 2 rings (SSSR count). The lowest BCUT2D eigenvalue weighted by molar-refractivity contribution is -0.119. The maximum atomic E-state index is 13.4. The Morgan fingerprint density at radius 3 is 2.67 bits per heavy atom. The van der Waals surface area contributed by atoms with Gasteiger partial charge < -0.3 is 16.0 Å². The predicted octanol–water partition coefficient (Wildman–Crippen LogP) is 1.40. The molecule has 5 nitrogen and oxygen atoms in total. The van der Waals surface area contributed by atoms with Crippen molar-refractivity contribution in [3.63, 3.8) is 0 Å². The number of nitrogen functional groups attached to an aromatic ring is 1. The first-order chi connectivity index (χ1) is 9.99. The molecule has 21 heavy (non-hydrogen) atoms. The highest BCUT2D eigenvalue weighted by Crippen LogP contribution is 2.22. The van der Waals surface area contributed by atoms with Gasteiger partial charge >= 0.3 is 0 Å². The van der Waals surface area contributed by atoms with E-state index in [1.54, 1.807) is 11.0 Å². The molecule has 3 N–H and O–H groups in total. The molecular formula is C15H20FN3O2.